The van der Waals surface area contributed by atoms with Gasteiger partial charge in [-0.25, -0.2) is 0 Å². The number of nitrogens with one attached hydrogen (secondary N) is 1. The smallest absolute Gasteiger partial charge is 0.122 e. The molecule has 1 unspecified atom stereocenters. The van der Waals surface area contributed by atoms with Crippen LogP contribution in [0, 0.1) is 0 Å². The molecule has 0 bridgehead atoms. The minimum atomic E-state index is 0.490. The summed E-state index contributed by atoms with van der Waals surface area (Å²) in [5.41, 5.74) is 0. The van der Waals surface area contributed by atoms with E-state index in [1.54, 1.807) is 11.3 Å². The molecule has 1 atom stereocenters. The lowest BCUT2D eigenvalue weighted by atomic mass is 10.0. The average Bonchev–Trinajstić information content (AvgIpc) is 2.79. The van der Waals surface area contributed by atoms with Crippen LogP contribution in [0.5, 0.6) is 0 Å². The molecule has 16 heavy (non-hydrogen) atoms. The molecule has 0 spiro atoms. The van der Waals surface area contributed by atoms with Crippen molar-refractivity contribution < 1.29 is 4.74 Å². The van der Waals surface area contributed by atoms with Gasteiger partial charge in [0.25, 0.3) is 0 Å². The van der Waals surface area contributed by atoms with Gasteiger partial charge in [-0.3, -0.25) is 0 Å². The Morgan fingerprint density at radius 1 is 1.50 bits per heavy atom. The molecular formula is C11H19N3OS. The molecular weight excluding hydrogens is 222 g/mol. The van der Waals surface area contributed by atoms with Crippen molar-refractivity contribution in [2.45, 2.75) is 31.6 Å². The van der Waals surface area contributed by atoms with E-state index in [2.05, 4.69) is 15.5 Å². The summed E-state index contributed by atoms with van der Waals surface area (Å²) in [4.78, 5) is 0. The SMILES string of the molecule is CNCCCc1nnc(C2CCCOC2)s1. The molecule has 0 amide bonds. The number of hydrogen-bond acceptors (Lipinski definition) is 5. The maximum absolute atomic E-state index is 5.47. The van der Waals surface area contributed by atoms with Gasteiger partial charge < -0.3 is 10.1 Å². The summed E-state index contributed by atoms with van der Waals surface area (Å²) in [6.45, 7) is 2.77. The summed E-state index contributed by atoms with van der Waals surface area (Å²) in [7, 11) is 1.98. The van der Waals surface area contributed by atoms with Crippen molar-refractivity contribution in [1.29, 1.82) is 0 Å². The Bertz CT molecular complexity index is 310. The quantitative estimate of drug-likeness (QED) is 0.795. The molecule has 2 rings (SSSR count). The van der Waals surface area contributed by atoms with Crippen LogP contribution in [0.15, 0.2) is 0 Å². The fourth-order valence-corrected chi connectivity index (χ4v) is 2.89. The minimum absolute atomic E-state index is 0.490. The Hall–Kier alpha value is -0.520. The summed E-state index contributed by atoms with van der Waals surface area (Å²) < 4.78 is 5.47. The Morgan fingerprint density at radius 3 is 3.19 bits per heavy atom. The monoisotopic (exact) mass is 241 g/mol. The van der Waals surface area contributed by atoms with Crippen molar-refractivity contribution in [2.75, 3.05) is 26.8 Å². The predicted octanol–water partition coefficient (Wildman–Crippen LogP) is 1.58. The van der Waals surface area contributed by atoms with Crippen LogP contribution in [0.2, 0.25) is 0 Å². The van der Waals surface area contributed by atoms with Gasteiger partial charge in [-0.05, 0) is 32.9 Å². The van der Waals surface area contributed by atoms with Crippen LogP contribution >= 0.6 is 11.3 Å². The first-order valence-electron chi connectivity index (χ1n) is 5.95. The normalized spacial score (nSPS) is 21.2. The number of rotatable bonds is 5. The molecule has 0 aromatic carbocycles. The number of nitrogens with zero attached hydrogens (tertiary/aromatic N) is 2. The predicted molar refractivity (Wildman–Crippen MR) is 65.0 cm³/mol. The van der Waals surface area contributed by atoms with Crippen molar-refractivity contribution in [1.82, 2.24) is 15.5 Å². The van der Waals surface area contributed by atoms with Crippen LogP contribution in [-0.2, 0) is 11.2 Å². The Labute approximate surface area is 100 Å². The summed E-state index contributed by atoms with van der Waals surface area (Å²) >= 11 is 1.76. The summed E-state index contributed by atoms with van der Waals surface area (Å²) in [6, 6.07) is 0. The van der Waals surface area contributed by atoms with Crippen LogP contribution in [0.4, 0.5) is 0 Å². The van der Waals surface area contributed by atoms with Gasteiger partial charge in [-0.1, -0.05) is 0 Å². The molecule has 0 radical (unpaired) electrons. The van der Waals surface area contributed by atoms with Gasteiger partial charge >= 0.3 is 0 Å². The second-order valence-electron chi connectivity index (χ2n) is 4.16. The van der Waals surface area contributed by atoms with Gasteiger partial charge in [-0.15, -0.1) is 21.5 Å². The van der Waals surface area contributed by atoms with E-state index in [1.165, 1.54) is 11.4 Å². The molecule has 0 aliphatic carbocycles. The molecule has 2 heterocycles. The van der Waals surface area contributed by atoms with E-state index in [0.717, 1.165) is 44.0 Å². The molecule has 1 N–H and O–H groups in total. The third kappa shape index (κ3) is 3.23. The Morgan fingerprint density at radius 2 is 2.44 bits per heavy atom. The first-order valence-corrected chi connectivity index (χ1v) is 6.76. The van der Waals surface area contributed by atoms with E-state index in [0.29, 0.717) is 5.92 Å². The lowest BCUT2D eigenvalue weighted by Gasteiger charge is -2.19. The van der Waals surface area contributed by atoms with E-state index in [9.17, 15) is 0 Å². The fraction of sp³-hybridized carbons (Fsp3) is 0.818. The first kappa shape index (κ1) is 12.0. The molecule has 1 aromatic heterocycles. The average molecular weight is 241 g/mol. The van der Waals surface area contributed by atoms with Crippen LogP contribution in [0.3, 0.4) is 0 Å². The van der Waals surface area contributed by atoms with Gasteiger partial charge in [0.1, 0.15) is 10.0 Å². The van der Waals surface area contributed by atoms with Gasteiger partial charge in [0, 0.05) is 18.9 Å². The summed E-state index contributed by atoms with van der Waals surface area (Å²) in [5.74, 6) is 0.490. The van der Waals surface area contributed by atoms with Gasteiger partial charge in [0.15, 0.2) is 0 Å². The highest BCUT2D eigenvalue weighted by Gasteiger charge is 2.19. The summed E-state index contributed by atoms with van der Waals surface area (Å²) in [6.07, 6.45) is 4.52. The number of aromatic nitrogens is 2. The maximum Gasteiger partial charge on any atom is 0.122 e. The number of aryl methyl sites for hydroxylation is 1. The van der Waals surface area contributed by atoms with E-state index in [4.69, 9.17) is 4.74 Å². The summed E-state index contributed by atoms with van der Waals surface area (Å²) in [5, 5.41) is 14.0. The maximum atomic E-state index is 5.47. The third-order valence-electron chi connectivity index (χ3n) is 2.81. The second-order valence-corrected chi connectivity index (χ2v) is 5.25. The van der Waals surface area contributed by atoms with Crippen molar-refractivity contribution in [2.24, 2.45) is 0 Å². The lowest BCUT2D eigenvalue weighted by Crippen LogP contribution is -2.15. The van der Waals surface area contributed by atoms with E-state index < -0.39 is 0 Å². The van der Waals surface area contributed by atoms with Crippen molar-refractivity contribution >= 4 is 11.3 Å². The molecule has 1 aromatic rings. The molecule has 1 aliphatic rings. The molecule has 1 aliphatic heterocycles. The molecule has 4 nitrogen and oxygen atoms in total. The van der Waals surface area contributed by atoms with E-state index in [-0.39, 0.29) is 0 Å². The topological polar surface area (TPSA) is 47.0 Å². The standard InChI is InChI=1S/C11H19N3OS/c1-12-6-2-5-10-13-14-11(16-10)9-4-3-7-15-8-9/h9,12H,2-8H2,1H3. The highest BCUT2D eigenvalue weighted by Crippen LogP contribution is 2.27. The van der Waals surface area contributed by atoms with Crippen molar-refractivity contribution in [3.05, 3.63) is 10.0 Å². The van der Waals surface area contributed by atoms with E-state index >= 15 is 0 Å². The Kier molecular flexibility index (Phi) is 4.69. The van der Waals surface area contributed by atoms with Gasteiger partial charge in [-0.2, -0.15) is 0 Å². The Balaban J connectivity index is 1.85. The minimum Gasteiger partial charge on any atom is -0.381 e. The molecule has 1 saturated heterocycles. The molecule has 90 valence electrons. The highest BCUT2D eigenvalue weighted by atomic mass is 32.1. The number of ether oxygens (including phenoxy) is 1. The molecule has 5 heteroatoms. The van der Waals surface area contributed by atoms with Crippen LogP contribution < -0.4 is 5.32 Å². The largest absolute Gasteiger partial charge is 0.381 e. The molecule has 1 fully saturated rings. The zero-order valence-electron chi connectivity index (χ0n) is 9.74. The van der Waals surface area contributed by atoms with Gasteiger partial charge in [0.2, 0.25) is 0 Å². The molecule has 0 saturated carbocycles. The highest BCUT2D eigenvalue weighted by molar-refractivity contribution is 7.11. The van der Waals surface area contributed by atoms with Crippen LogP contribution in [0.1, 0.15) is 35.2 Å². The zero-order chi connectivity index (χ0) is 11.2. The first-order chi connectivity index (χ1) is 7.90. The van der Waals surface area contributed by atoms with Crippen molar-refractivity contribution in [3.8, 4) is 0 Å². The third-order valence-corrected chi connectivity index (χ3v) is 3.95. The van der Waals surface area contributed by atoms with Crippen LogP contribution in [-0.4, -0.2) is 37.0 Å². The number of hydrogen-bond donors (Lipinski definition) is 1. The van der Waals surface area contributed by atoms with Gasteiger partial charge in [0.05, 0.1) is 6.61 Å². The zero-order valence-corrected chi connectivity index (χ0v) is 10.6. The second kappa shape index (κ2) is 6.27. The van der Waals surface area contributed by atoms with E-state index in [1.807, 2.05) is 7.05 Å². The lowest BCUT2D eigenvalue weighted by molar-refractivity contribution is 0.0802. The fourth-order valence-electron chi connectivity index (χ4n) is 1.88. The van der Waals surface area contributed by atoms with Crippen LogP contribution in [0.25, 0.3) is 0 Å². The van der Waals surface area contributed by atoms with Crippen molar-refractivity contribution in [3.63, 3.8) is 0 Å².